The molecular formula is C15H22N2O. The first-order chi connectivity index (χ1) is 8.66. The van der Waals surface area contributed by atoms with E-state index >= 15 is 0 Å². The Labute approximate surface area is 109 Å². The maximum absolute atomic E-state index is 11.5. The van der Waals surface area contributed by atoms with Crippen molar-refractivity contribution >= 4 is 5.91 Å². The average Bonchev–Trinajstić information content (AvgIpc) is 2.40. The van der Waals surface area contributed by atoms with Crippen LogP contribution < -0.4 is 11.1 Å². The smallest absolute Gasteiger partial charge is 0.236 e. The Balaban J connectivity index is 1.83. The van der Waals surface area contributed by atoms with Gasteiger partial charge in [-0.15, -0.1) is 0 Å². The van der Waals surface area contributed by atoms with Crippen LogP contribution >= 0.6 is 0 Å². The molecule has 0 heterocycles. The van der Waals surface area contributed by atoms with Crippen LogP contribution in [0.25, 0.3) is 0 Å². The van der Waals surface area contributed by atoms with Gasteiger partial charge in [0.25, 0.3) is 0 Å². The summed E-state index contributed by atoms with van der Waals surface area (Å²) in [5.41, 5.74) is 6.98. The zero-order chi connectivity index (χ0) is 13.0. The number of carbonyl (C=O) groups is 1. The number of amides is 1. The molecule has 3 N–H and O–H groups in total. The number of rotatable bonds is 3. The Hall–Kier alpha value is -1.35. The molecule has 98 valence electrons. The van der Waals surface area contributed by atoms with E-state index in [0.29, 0.717) is 12.0 Å². The van der Waals surface area contributed by atoms with Gasteiger partial charge in [-0.2, -0.15) is 0 Å². The molecule has 0 radical (unpaired) electrons. The van der Waals surface area contributed by atoms with E-state index in [0.717, 1.165) is 25.7 Å². The Bertz CT molecular complexity index is 381. The maximum atomic E-state index is 11.5. The molecule has 1 atom stereocenters. The van der Waals surface area contributed by atoms with Crippen LogP contribution in [0.4, 0.5) is 0 Å². The van der Waals surface area contributed by atoms with Crippen LogP contribution in [0.15, 0.2) is 30.3 Å². The van der Waals surface area contributed by atoms with Crippen molar-refractivity contribution in [2.45, 2.75) is 50.6 Å². The molecule has 0 bridgehead atoms. The predicted molar refractivity (Wildman–Crippen MR) is 73.2 cm³/mol. The van der Waals surface area contributed by atoms with Crippen molar-refractivity contribution in [1.29, 1.82) is 0 Å². The molecule has 1 fully saturated rings. The van der Waals surface area contributed by atoms with Gasteiger partial charge in [0.05, 0.1) is 6.04 Å². The van der Waals surface area contributed by atoms with Crippen LogP contribution in [-0.4, -0.2) is 18.0 Å². The molecule has 0 aliphatic heterocycles. The van der Waals surface area contributed by atoms with E-state index in [9.17, 15) is 4.79 Å². The maximum Gasteiger partial charge on any atom is 0.236 e. The Kier molecular flexibility index (Phi) is 4.37. The molecule has 3 nitrogen and oxygen atoms in total. The molecule has 2 rings (SSSR count). The summed E-state index contributed by atoms with van der Waals surface area (Å²) < 4.78 is 0. The van der Waals surface area contributed by atoms with E-state index < -0.39 is 6.04 Å². The van der Waals surface area contributed by atoms with Crippen LogP contribution in [0.2, 0.25) is 0 Å². The monoisotopic (exact) mass is 246 g/mol. The minimum atomic E-state index is -0.406. The zero-order valence-corrected chi connectivity index (χ0v) is 10.9. The molecule has 18 heavy (non-hydrogen) atoms. The fraction of sp³-hybridized carbons (Fsp3) is 0.533. The molecule has 1 amide bonds. The molecule has 0 spiro atoms. The summed E-state index contributed by atoms with van der Waals surface area (Å²) >= 11 is 0. The van der Waals surface area contributed by atoms with Gasteiger partial charge < -0.3 is 11.1 Å². The van der Waals surface area contributed by atoms with Gasteiger partial charge in [0.15, 0.2) is 0 Å². The number of nitrogens with two attached hydrogens (primary N) is 1. The lowest BCUT2D eigenvalue weighted by Gasteiger charge is -2.29. The van der Waals surface area contributed by atoms with Gasteiger partial charge >= 0.3 is 0 Å². The molecule has 1 aromatic rings. The van der Waals surface area contributed by atoms with Gasteiger partial charge in [0.2, 0.25) is 5.91 Å². The number of benzene rings is 1. The first kappa shape index (κ1) is 13.1. The van der Waals surface area contributed by atoms with Crippen molar-refractivity contribution in [2.75, 3.05) is 0 Å². The highest BCUT2D eigenvalue weighted by Gasteiger charge is 2.23. The summed E-state index contributed by atoms with van der Waals surface area (Å²) in [6.45, 7) is 1.73. The van der Waals surface area contributed by atoms with Crippen LogP contribution in [0, 0.1) is 0 Å². The highest BCUT2D eigenvalue weighted by molar-refractivity contribution is 5.81. The molecule has 0 aromatic heterocycles. The second-order valence-electron chi connectivity index (χ2n) is 5.26. The lowest BCUT2D eigenvalue weighted by atomic mass is 9.82. The summed E-state index contributed by atoms with van der Waals surface area (Å²) in [4.78, 5) is 11.5. The second kappa shape index (κ2) is 6.01. The molecule has 1 aromatic carbocycles. The molecule has 1 saturated carbocycles. The first-order valence-corrected chi connectivity index (χ1v) is 6.77. The Morgan fingerprint density at radius 1 is 1.22 bits per heavy atom. The van der Waals surface area contributed by atoms with Crippen molar-refractivity contribution in [2.24, 2.45) is 5.73 Å². The van der Waals surface area contributed by atoms with E-state index in [-0.39, 0.29) is 5.91 Å². The molecule has 1 aliphatic rings. The largest absolute Gasteiger partial charge is 0.352 e. The third-order valence-corrected chi connectivity index (χ3v) is 3.76. The van der Waals surface area contributed by atoms with E-state index in [1.165, 1.54) is 5.56 Å². The number of nitrogens with one attached hydrogen (secondary N) is 1. The van der Waals surface area contributed by atoms with Crippen molar-refractivity contribution in [1.82, 2.24) is 5.32 Å². The molecule has 3 heteroatoms. The molecule has 0 saturated heterocycles. The Morgan fingerprint density at radius 3 is 2.39 bits per heavy atom. The lowest BCUT2D eigenvalue weighted by Crippen LogP contribution is -2.45. The second-order valence-corrected chi connectivity index (χ2v) is 5.26. The fourth-order valence-electron chi connectivity index (χ4n) is 2.63. The highest BCUT2D eigenvalue weighted by atomic mass is 16.2. The average molecular weight is 246 g/mol. The Morgan fingerprint density at radius 2 is 1.83 bits per heavy atom. The molecule has 1 aliphatic carbocycles. The summed E-state index contributed by atoms with van der Waals surface area (Å²) in [7, 11) is 0. The third-order valence-electron chi connectivity index (χ3n) is 3.76. The van der Waals surface area contributed by atoms with Gasteiger partial charge in [-0.3, -0.25) is 4.79 Å². The quantitative estimate of drug-likeness (QED) is 0.859. The molecule has 0 unspecified atom stereocenters. The minimum Gasteiger partial charge on any atom is -0.352 e. The number of hydrogen-bond donors (Lipinski definition) is 2. The van der Waals surface area contributed by atoms with Crippen molar-refractivity contribution in [3.05, 3.63) is 35.9 Å². The van der Waals surface area contributed by atoms with Crippen molar-refractivity contribution < 1.29 is 4.79 Å². The van der Waals surface area contributed by atoms with Crippen molar-refractivity contribution in [3.63, 3.8) is 0 Å². The van der Waals surface area contributed by atoms with E-state index in [1.807, 2.05) is 0 Å². The summed E-state index contributed by atoms with van der Waals surface area (Å²) in [6.07, 6.45) is 4.40. The topological polar surface area (TPSA) is 55.1 Å². The van der Waals surface area contributed by atoms with Gasteiger partial charge in [0.1, 0.15) is 0 Å². The SMILES string of the molecule is C[C@@H](N)C(=O)NC1CCC(c2ccccc2)CC1. The van der Waals surface area contributed by atoms with Crippen LogP contribution in [0.1, 0.15) is 44.1 Å². The lowest BCUT2D eigenvalue weighted by molar-refractivity contribution is -0.122. The van der Waals surface area contributed by atoms with Gasteiger partial charge in [-0.25, -0.2) is 0 Å². The summed E-state index contributed by atoms with van der Waals surface area (Å²) in [6, 6.07) is 10.5. The summed E-state index contributed by atoms with van der Waals surface area (Å²) in [5.74, 6) is 0.618. The standard InChI is InChI=1S/C15H22N2O/c1-11(16)15(18)17-14-9-7-13(8-10-14)12-5-3-2-4-6-12/h2-6,11,13-14H,7-10,16H2,1H3,(H,17,18)/t11-,13?,14?/m1/s1. The van der Waals surface area contributed by atoms with E-state index in [1.54, 1.807) is 6.92 Å². The normalized spacial score (nSPS) is 25.4. The minimum absolute atomic E-state index is 0.0295. The third kappa shape index (κ3) is 3.33. The fourth-order valence-corrected chi connectivity index (χ4v) is 2.63. The predicted octanol–water partition coefficient (Wildman–Crippen LogP) is 2.18. The van der Waals surface area contributed by atoms with E-state index in [2.05, 4.69) is 35.6 Å². The van der Waals surface area contributed by atoms with Gasteiger partial charge in [-0.05, 0) is 44.1 Å². The van der Waals surface area contributed by atoms with Crippen molar-refractivity contribution in [3.8, 4) is 0 Å². The summed E-state index contributed by atoms with van der Waals surface area (Å²) in [5, 5.41) is 3.03. The highest BCUT2D eigenvalue weighted by Crippen LogP contribution is 2.32. The van der Waals surface area contributed by atoms with Crippen LogP contribution in [0.5, 0.6) is 0 Å². The number of carbonyl (C=O) groups excluding carboxylic acids is 1. The van der Waals surface area contributed by atoms with Crippen LogP contribution in [-0.2, 0) is 4.79 Å². The van der Waals surface area contributed by atoms with Gasteiger partial charge in [0, 0.05) is 6.04 Å². The first-order valence-electron chi connectivity index (χ1n) is 6.77. The molecular weight excluding hydrogens is 224 g/mol. The zero-order valence-electron chi connectivity index (χ0n) is 10.9. The number of hydrogen-bond acceptors (Lipinski definition) is 2. The van der Waals surface area contributed by atoms with Crippen LogP contribution in [0.3, 0.4) is 0 Å². The van der Waals surface area contributed by atoms with E-state index in [4.69, 9.17) is 5.73 Å². The van der Waals surface area contributed by atoms with Gasteiger partial charge in [-0.1, -0.05) is 30.3 Å².